The molecule has 146 valence electrons. The van der Waals surface area contributed by atoms with Crippen LogP contribution in [0.2, 0.25) is 5.02 Å². The molecule has 27 heavy (non-hydrogen) atoms. The minimum atomic E-state index is -0.440. The lowest BCUT2D eigenvalue weighted by molar-refractivity contribution is -0.145. The van der Waals surface area contributed by atoms with Gasteiger partial charge in [0.1, 0.15) is 0 Å². The van der Waals surface area contributed by atoms with Crippen molar-refractivity contribution in [3.05, 3.63) is 23.2 Å². The smallest absolute Gasteiger partial charge is 0.311 e. The maximum absolute atomic E-state index is 12.3. The minimum Gasteiger partial charge on any atom is -0.469 e. The molecule has 1 unspecified atom stereocenters. The highest BCUT2D eigenvalue weighted by molar-refractivity contribution is 6.33. The van der Waals surface area contributed by atoms with Crippen molar-refractivity contribution < 1.29 is 19.1 Å². The highest BCUT2D eigenvalue weighted by Crippen LogP contribution is 2.33. The van der Waals surface area contributed by atoms with E-state index in [9.17, 15) is 14.4 Å². The second-order valence-electron chi connectivity index (χ2n) is 6.79. The van der Waals surface area contributed by atoms with Crippen LogP contribution in [0.3, 0.4) is 0 Å². The average Bonchev–Trinajstić information content (AvgIpc) is 3.08. The Hall–Kier alpha value is -2.28. The predicted octanol–water partition coefficient (Wildman–Crippen LogP) is 1.92. The summed E-state index contributed by atoms with van der Waals surface area (Å²) in [5, 5.41) is 0.553. The first-order chi connectivity index (χ1) is 12.9. The van der Waals surface area contributed by atoms with E-state index in [2.05, 4.69) is 4.90 Å². The van der Waals surface area contributed by atoms with Crippen LogP contribution < -0.4 is 9.80 Å². The maximum Gasteiger partial charge on any atom is 0.311 e. The Kier molecular flexibility index (Phi) is 5.89. The number of anilines is 2. The number of esters is 1. The largest absolute Gasteiger partial charge is 0.469 e. The number of ether oxygens (including phenoxy) is 1. The van der Waals surface area contributed by atoms with E-state index in [0.29, 0.717) is 36.8 Å². The Labute approximate surface area is 163 Å². The third kappa shape index (κ3) is 4.03. The predicted molar refractivity (Wildman–Crippen MR) is 103 cm³/mol. The van der Waals surface area contributed by atoms with Crippen LogP contribution in [0.4, 0.5) is 11.4 Å². The van der Waals surface area contributed by atoms with Gasteiger partial charge in [0.2, 0.25) is 11.8 Å². The summed E-state index contributed by atoms with van der Waals surface area (Å²) in [6, 6.07) is 5.51. The first-order valence-electron chi connectivity index (χ1n) is 9.15. The Balaban J connectivity index is 1.69. The lowest BCUT2D eigenvalue weighted by Gasteiger charge is -2.36. The lowest BCUT2D eigenvalue weighted by atomic mass is 10.1. The van der Waals surface area contributed by atoms with Crippen LogP contribution in [-0.4, -0.2) is 62.5 Å². The number of rotatable bonds is 4. The zero-order valence-electron chi connectivity index (χ0n) is 15.6. The summed E-state index contributed by atoms with van der Waals surface area (Å²) < 4.78 is 4.74. The van der Waals surface area contributed by atoms with Crippen molar-refractivity contribution in [1.29, 1.82) is 0 Å². The van der Waals surface area contributed by atoms with Crippen LogP contribution in [0.1, 0.15) is 19.8 Å². The normalized spacial score (nSPS) is 20.2. The molecule has 2 fully saturated rings. The third-order valence-corrected chi connectivity index (χ3v) is 5.48. The van der Waals surface area contributed by atoms with Crippen LogP contribution in [0.25, 0.3) is 0 Å². The van der Waals surface area contributed by atoms with Gasteiger partial charge in [0, 0.05) is 51.3 Å². The van der Waals surface area contributed by atoms with Gasteiger partial charge in [-0.1, -0.05) is 18.5 Å². The molecule has 2 saturated heterocycles. The van der Waals surface area contributed by atoms with Crippen molar-refractivity contribution >= 4 is 40.8 Å². The molecule has 0 aliphatic carbocycles. The number of piperazine rings is 1. The second-order valence-corrected chi connectivity index (χ2v) is 7.19. The first kappa shape index (κ1) is 19.5. The van der Waals surface area contributed by atoms with Crippen molar-refractivity contribution in [2.24, 2.45) is 5.92 Å². The molecule has 2 aliphatic rings. The van der Waals surface area contributed by atoms with Crippen molar-refractivity contribution in [2.45, 2.75) is 19.8 Å². The quantitative estimate of drug-likeness (QED) is 0.731. The fraction of sp³-hybridized carbons (Fsp3) is 0.526. The number of amides is 2. The number of nitrogens with zero attached hydrogens (tertiary/aromatic N) is 3. The molecule has 1 aromatic carbocycles. The van der Waals surface area contributed by atoms with E-state index in [1.165, 1.54) is 7.11 Å². The van der Waals surface area contributed by atoms with Crippen molar-refractivity contribution in [1.82, 2.24) is 4.90 Å². The van der Waals surface area contributed by atoms with Gasteiger partial charge in [-0.25, -0.2) is 0 Å². The van der Waals surface area contributed by atoms with Gasteiger partial charge >= 0.3 is 5.97 Å². The van der Waals surface area contributed by atoms with Crippen molar-refractivity contribution in [3.8, 4) is 0 Å². The van der Waals surface area contributed by atoms with Gasteiger partial charge in [0.25, 0.3) is 0 Å². The van der Waals surface area contributed by atoms with Gasteiger partial charge in [0.15, 0.2) is 0 Å². The van der Waals surface area contributed by atoms with Crippen molar-refractivity contribution in [2.75, 3.05) is 49.6 Å². The number of hydrogen-bond acceptors (Lipinski definition) is 5. The van der Waals surface area contributed by atoms with Crippen LogP contribution >= 0.6 is 11.6 Å². The van der Waals surface area contributed by atoms with Crippen LogP contribution in [0.15, 0.2) is 18.2 Å². The molecule has 0 spiro atoms. The highest BCUT2D eigenvalue weighted by atomic mass is 35.5. The van der Waals surface area contributed by atoms with Crippen LogP contribution in [0, 0.1) is 5.92 Å². The zero-order valence-corrected chi connectivity index (χ0v) is 16.4. The standard InChI is InChI=1S/C19H24ClN3O4/c1-3-17(24)22-8-6-21(7-9-22)16-5-4-14(11-15(16)20)23-12-13(10-18(23)25)19(26)27-2/h4-5,11,13H,3,6-10,12H2,1-2H3. The van der Waals surface area contributed by atoms with E-state index in [1.54, 1.807) is 11.0 Å². The lowest BCUT2D eigenvalue weighted by Crippen LogP contribution is -2.48. The second kappa shape index (κ2) is 8.17. The molecule has 0 N–H and O–H groups in total. The molecular formula is C19H24ClN3O4. The molecule has 8 heteroatoms. The number of methoxy groups -OCH3 is 1. The van der Waals surface area contributed by atoms with Crippen molar-refractivity contribution in [3.63, 3.8) is 0 Å². The summed E-state index contributed by atoms with van der Waals surface area (Å²) in [6.45, 7) is 4.97. The van der Waals surface area contributed by atoms with E-state index in [-0.39, 0.29) is 24.2 Å². The van der Waals surface area contributed by atoms with E-state index in [4.69, 9.17) is 16.3 Å². The molecule has 7 nitrogen and oxygen atoms in total. The molecule has 0 radical (unpaired) electrons. The Morgan fingerprint density at radius 2 is 1.93 bits per heavy atom. The van der Waals surface area contributed by atoms with Gasteiger partial charge in [-0.2, -0.15) is 0 Å². The summed E-state index contributed by atoms with van der Waals surface area (Å²) in [5.74, 6) is -0.747. The van der Waals surface area contributed by atoms with Crippen LogP contribution in [-0.2, 0) is 19.1 Å². The number of carbonyl (C=O) groups is 3. The molecule has 0 aromatic heterocycles. The summed E-state index contributed by atoms with van der Waals surface area (Å²) in [6.07, 6.45) is 0.672. The fourth-order valence-electron chi connectivity index (χ4n) is 3.62. The number of carbonyl (C=O) groups excluding carboxylic acids is 3. The van der Waals surface area contributed by atoms with Gasteiger partial charge in [0.05, 0.1) is 23.7 Å². The topological polar surface area (TPSA) is 70.2 Å². The Bertz CT molecular complexity index is 746. The first-order valence-corrected chi connectivity index (χ1v) is 9.52. The van der Waals surface area contributed by atoms with E-state index < -0.39 is 5.92 Å². The van der Waals surface area contributed by atoms with E-state index in [1.807, 2.05) is 24.0 Å². The zero-order chi connectivity index (χ0) is 19.6. The molecule has 2 heterocycles. The summed E-state index contributed by atoms with van der Waals surface area (Å²) in [7, 11) is 1.33. The number of hydrogen-bond donors (Lipinski definition) is 0. The number of benzene rings is 1. The molecule has 3 rings (SSSR count). The average molecular weight is 394 g/mol. The molecule has 1 atom stereocenters. The van der Waals surface area contributed by atoms with Crippen LogP contribution in [0.5, 0.6) is 0 Å². The van der Waals surface area contributed by atoms with Gasteiger partial charge in [-0.15, -0.1) is 0 Å². The van der Waals surface area contributed by atoms with Gasteiger partial charge in [-0.05, 0) is 18.2 Å². The number of halogens is 1. The highest BCUT2D eigenvalue weighted by Gasteiger charge is 2.36. The molecule has 0 saturated carbocycles. The molecule has 0 bridgehead atoms. The summed E-state index contributed by atoms with van der Waals surface area (Å²) in [5.41, 5.74) is 1.57. The summed E-state index contributed by atoms with van der Waals surface area (Å²) in [4.78, 5) is 41.4. The fourth-order valence-corrected chi connectivity index (χ4v) is 3.92. The third-order valence-electron chi connectivity index (χ3n) is 5.18. The summed E-state index contributed by atoms with van der Waals surface area (Å²) >= 11 is 6.49. The van der Waals surface area contributed by atoms with E-state index in [0.717, 1.165) is 18.8 Å². The minimum absolute atomic E-state index is 0.110. The Morgan fingerprint density at radius 1 is 1.22 bits per heavy atom. The molecule has 2 amide bonds. The van der Waals surface area contributed by atoms with Gasteiger partial charge in [-0.3, -0.25) is 14.4 Å². The molecular weight excluding hydrogens is 370 g/mol. The molecule has 1 aromatic rings. The van der Waals surface area contributed by atoms with E-state index >= 15 is 0 Å². The van der Waals surface area contributed by atoms with Gasteiger partial charge < -0.3 is 19.4 Å². The SMILES string of the molecule is CCC(=O)N1CCN(c2ccc(N3CC(C(=O)OC)CC3=O)cc2Cl)CC1. The Morgan fingerprint density at radius 3 is 2.52 bits per heavy atom. The monoisotopic (exact) mass is 393 g/mol. The molecule has 2 aliphatic heterocycles. The maximum atomic E-state index is 12.3.